The predicted molar refractivity (Wildman–Crippen MR) is 181 cm³/mol. The van der Waals surface area contributed by atoms with Gasteiger partial charge in [-0.3, -0.25) is 19.8 Å². The Morgan fingerprint density at radius 3 is 2.23 bits per heavy atom. The summed E-state index contributed by atoms with van der Waals surface area (Å²) in [5, 5.41) is 5.23. The van der Waals surface area contributed by atoms with E-state index in [4.69, 9.17) is 20.9 Å². The van der Waals surface area contributed by atoms with Crippen LogP contribution in [0.1, 0.15) is 94.4 Å². The molecule has 256 valence electrons. The molecular formula is C30H61BN6O6S. The number of ether oxygens (including phenoxy) is 2. The minimum atomic E-state index is -0.796. The SMILES string of the molecule is BC(C)(CC(C)C(=O)NCC(N)=O)OCCNNC(=O)C(N)[C@H](C)S[C@](C)(CCCC)COC(=O)NC(C)C(C)C(C)CC. The summed E-state index contributed by atoms with van der Waals surface area (Å²) in [4.78, 5) is 48.4. The highest BCUT2D eigenvalue weighted by molar-refractivity contribution is 8.01. The monoisotopic (exact) mass is 644 g/mol. The molecule has 44 heavy (non-hydrogen) atoms. The van der Waals surface area contributed by atoms with Gasteiger partial charge in [0, 0.05) is 34.0 Å². The Morgan fingerprint density at radius 1 is 1.02 bits per heavy atom. The second-order valence-corrected chi connectivity index (χ2v) is 14.9. The predicted octanol–water partition coefficient (Wildman–Crippen LogP) is 1.80. The number of nitrogens with one attached hydrogen (secondary N) is 4. The summed E-state index contributed by atoms with van der Waals surface area (Å²) in [5.74, 6) is -0.781. The van der Waals surface area contributed by atoms with Crippen molar-refractivity contribution in [1.82, 2.24) is 21.5 Å². The van der Waals surface area contributed by atoms with Gasteiger partial charge in [0.05, 0.1) is 19.2 Å². The quantitative estimate of drug-likeness (QED) is 0.0548. The summed E-state index contributed by atoms with van der Waals surface area (Å²) in [6.07, 6.45) is 3.82. The lowest BCUT2D eigenvalue weighted by Gasteiger charge is -2.33. The summed E-state index contributed by atoms with van der Waals surface area (Å²) < 4.78 is 11.2. The van der Waals surface area contributed by atoms with E-state index in [1.54, 1.807) is 18.7 Å². The lowest BCUT2D eigenvalue weighted by Crippen LogP contribution is -2.52. The molecule has 0 aromatic heterocycles. The van der Waals surface area contributed by atoms with E-state index in [0.717, 1.165) is 25.7 Å². The summed E-state index contributed by atoms with van der Waals surface area (Å²) in [7, 11) is 1.87. The van der Waals surface area contributed by atoms with Gasteiger partial charge in [-0.05, 0) is 45.4 Å². The van der Waals surface area contributed by atoms with Gasteiger partial charge in [-0.2, -0.15) is 0 Å². The van der Waals surface area contributed by atoms with E-state index in [1.807, 2.05) is 35.5 Å². The van der Waals surface area contributed by atoms with Gasteiger partial charge in [0.1, 0.15) is 14.5 Å². The van der Waals surface area contributed by atoms with E-state index in [1.165, 1.54) is 0 Å². The average Bonchev–Trinajstić information content (AvgIpc) is 2.95. The fourth-order valence-electron chi connectivity index (χ4n) is 4.74. The maximum atomic E-state index is 12.8. The molecular weight excluding hydrogens is 583 g/mol. The largest absolute Gasteiger partial charge is 0.448 e. The van der Waals surface area contributed by atoms with E-state index >= 15 is 0 Å². The van der Waals surface area contributed by atoms with Crippen molar-refractivity contribution >= 4 is 43.4 Å². The summed E-state index contributed by atoms with van der Waals surface area (Å²) in [6.45, 7) is 18.8. The van der Waals surface area contributed by atoms with Crippen LogP contribution in [0.4, 0.5) is 4.79 Å². The number of rotatable bonds is 23. The van der Waals surface area contributed by atoms with Crippen LogP contribution in [0.2, 0.25) is 0 Å². The fraction of sp³-hybridized carbons (Fsp3) is 0.867. The number of primary amides is 1. The van der Waals surface area contributed by atoms with Crippen molar-refractivity contribution < 1.29 is 28.7 Å². The Balaban J connectivity index is 4.76. The third-order valence-electron chi connectivity index (χ3n) is 8.14. The Hall–Kier alpha value is -2.03. The molecule has 0 bridgehead atoms. The number of hydrazine groups is 1. The minimum absolute atomic E-state index is 0.00315. The maximum absolute atomic E-state index is 12.8. The highest BCUT2D eigenvalue weighted by atomic mass is 32.2. The van der Waals surface area contributed by atoms with Crippen molar-refractivity contribution in [3.8, 4) is 0 Å². The van der Waals surface area contributed by atoms with E-state index in [-0.39, 0.29) is 48.8 Å². The van der Waals surface area contributed by atoms with Gasteiger partial charge >= 0.3 is 6.09 Å². The number of amides is 4. The normalized spacial score (nSPS) is 18.3. The van der Waals surface area contributed by atoms with Crippen LogP contribution in [0, 0.1) is 17.8 Å². The van der Waals surface area contributed by atoms with Crippen molar-refractivity contribution in [3.05, 3.63) is 0 Å². The first kappa shape index (κ1) is 42.0. The van der Waals surface area contributed by atoms with Crippen LogP contribution >= 0.6 is 11.8 Å². The molecule has 8 N–H and O–H groups in total. The molecule has 6 unspecified atom stereocenters. The average molecular weight is 645 g/mol. The summed E-state index contributed by atoms with van der Waals surface area (Å²) in [5.41, 5.74) is 16.3. The number of nitrogens with two attached hydrogens (primary N) is 2. The van der Waals surface area contributed by atoms with E-state index in [9.17, 15) is 19.2 Å². The van der Waals surface area contributed by atoms with E-state index < -0.39 is 28.3 Å². The third-order valence-corrected chi connectivity index (χ3v) is 9.69. The Labute approximate surface area is 270 Å². The maximum Gasteiger partial charge on any atom is 0.407 e. The van der Waals surface area contributed by atoms with Crippen LogP contribution < -0.4 is 33.0 Å². The van der Waals surface area contributed by atoms with Gasteiger partial charge < -0.3 is 31.6 Å². The van der Waals surface area contributed by atoms with Gasteiger partial charge in [0.2, 0.25) is 11.8 Å². The van der Waals surface area contributed by atoms with Crippen molar-refractivity contribution in [2.75, 3.05) is 26.3 Å². The first-order valence-electron chi connectivity index (χ1n) is 16.0. The van der Waals surface area contributed by atoms with Crippen LogP contribution in [0.5, 0.6) is 0 Å². The molecule has 0 spiro atoms. The minimum Gasteiger partial charge on any atom is -0.448 e. The number of thioether (sulfide) groups is 1. The Morgan fingerprint density at radius 2 is 1.66 bits per heavy atom. The summed E-state index contributed by atoms with van der Waals surface area (Å²) in [6, 6.07) is -0.799. The molecule has 0 aliphatic carbocycles. The van der Waals surface area contributed by atoms with Crippen molar-refractivity contribution in [2.45, 2.75) is 122 Å². The van der Waals surface area contributed by atoms with Crippen LogP contribution in [0.15, 0.2) is 0 Å². The van der Waals surface area contributed by atoms with Crippen LogP contribution in [-0.2, 0) is 23.9 Å². The molecule has 0 saturated heterocycles. The molecule has 0 heterocycles. The second-order valence-electron chi connectivity index (χ2n) is 13.0. The van der Waals surface area contributed by atoms with Crippen LogP contribution in [0.3, 0.4) is 0 Å². The number of unbranched alkanes of at least 4 members (excludes halogenated alkanes) is 1. The van der Waals surface area contributed by atoms with Gasteiger partial charge in [0.25, 0.3) is 5.91 Å². The number of hydrogen-bond donors (Lipinski definition) is 6. The highest BCUT2D eigenvalue weighted by Gasteiger charge is 2.33. The zero-order valence-corrected chi connectivity index (χ0v) is 29.7. The number of carbonyl (C=O) groups is 4. The number of carbonyl (C=O) groups excluding carboxylic acids is 4. The van der Waals surface area contributed by atoms with Crippen molar-refractivity contribution in [3.63, 3.8) is 0 Å². The smallest absolute Gasteiger partial charge is 0.407 e. The molecule has 8 atom stereocenters. The molecule has 0 aromatic carbocycles. The first-order valence-corrected chi connectivity index (χ1v) is 16.8. The lowest BCUT2D eigenvalue weighted by atomic mass is 9.76. The van der Waals surface area contributed by atoms with Gasteiger partial charge in [-0.25, -0.2) is 10.2 Å². The highest BCUT2D eigenvalue weighted by Crippen LogP contribution is 2.35. The topological polar surface area (TPSA) is 187 Å². The molecule has 0 aliphatic rings. The third kappa shape index (κ3) is 17.5. The first-order chi connectivity index (χ1) is 20.4. The Kier molecular flexibility index (Phi) is 19.9. The van der Waals surface area contributed by atoms with Gasteiger partial charge in [-0.15, -0.1) is 11.8 Å². The molecule has 0 aromatic rings. The van der Waals surface area contributed by atoms with Crippen molar-refractivity contribution in [2.24, 2.45) is 29.2 Å². The molecule has 4 amide bonds. The van der Waals surface area contributed by atoms with Crippen LogP contribution in [-0.4, -0.2) is 85.5 Å². The molecule has 0 fully saturated rings. The number of alkyl carbamates (subject to hydrolysis) is 1. The second kappa shape index (κ2) is 20.9. The van der Waals surface area contributed by atoms with E-state index in [2.05, 4.69) is 49.2 Å². The Bertz CT molecular complexity index is 900. The molecule has 0 radical (unpaired) electrons. The number of hydrogen-bond acceptors (Lipinski definition) is 9. The summed E-state index contributed by atoms with van der Waals surface area (Å²) >= 11 is 1.56. The van der Waals surface area contributed by atoms with Gasteiger partial charge in [0.15, 0.2) is 0 Å². The molecule has 0 aliphatic heterocycles. The fourth-order valence-corrected chi connectivity index (χ4v) is 6.30. The van der Waals surface area contributed by atoms with E-state index in [0.29, 0.717) is 24.8 Å². The van der Waals surface area contributed by atoms with Gasteiger partial charge in [-0.1, -0.05) is 60.8 Å². The zero-order chi connectivity index (χ0) is 34.1. The molecule has 14 heteroatoms. The zero-order valence-electron chi connectivity index (χ0n) is 28.8. The lowest BCUT2D eigenvalue weighted by molar-refractivity contribution is -0.128. The van der Waals surface area contributed by atoms with Crippen molar-refractivity contribution in [1.29, 1.82) is 0 Å². The molecule has 0 rings (SSSR count). The molecule has 0 saturated carbocycles. The standard InChI is InChI=1S/C30H61BN6O6S/c1-10-12-13-29(8,18-42-28(41)36-22(6)21(5)19(3)11-2)44-23(7)25(33)27(40)37-35-14-15-43-30(9,31)16-20(4)26(39)34-17-24(32)38/h19-23,25,35H,10-18,31,33H2,1-9H3,(H2,32,38)(H,34,39)(H,36,41)(H,37,40)/t19?,20?,21?,22?,23-,25?,29+,30?/m0/s1. The molecule has 12 nitrogen and oxygen atoms in total. The van der Waals surface area contributed by atoms with Crippen LogP contribution in [0.25, 0.3) is 0 Å².